The van der Waals surface area contributed by atoms with Crippen molar-refractivity contribution >= 4 is 5.91 Å². The van der Waals surface area contributed by atoms with Crippen molar-refractivity contribution in [2.45, 2.75) is 51.1 Å². The Labute approximate surface area is 122 Å². The lowest BCUT2D eigenvalue weighted by atomic mass is 9.96. The van der Waals surface area contributed by atoms with Gasteiger partial charge in [0.15, 0.2) is 0 Å². The molecule has 0 aromatic carbocycles. The van der Waals surface area contributed by atoms with Gasteiger partial charge in [0.05, 0.1) is 5.54 Å². The predicted molar refractivity (Wildman–Crippen MR) is 81.5 cm³/mol. The van der Waals surface area contributed by atoms with Crippen molar-refractivity contribution in [3.8, 4) is 0 Å². The fraction of sp³-hybridized carbons (Fsp3) is 0.933. The van der Waals surface area contributed by atoms with Gasteiger partial charge >= 0.3 is 0 Å². The van der Waals surface area contributed by atoms with E-state index in [2.05, 4.69) is 22.0 Å². The summed E-state index contributed by atoms with van der Waals surface area (Å²) in [6.45, 7) is 10.9. The standard InChI is InChI=1S/C15H30N4O/c1-3-7-18-8-10-19(11-9-18)13-5-6-15(12-13,14(16)20)17-4-2/h13,17H,3-12H2,1-2H3,(H2,16,20). The van der Waals surface area contributed by atoms with Gasteiger partial charge in [-0.3, -0.25) is 9.69 Å². The second-order valence-corrected chi connectivity index (χ2v) is 6.25. The first-order chi connectivity index (χ1) is 9.61. The molecule has 2 fully saturated rings. The van der Waals surface area contributed by atoms with Crippen molar-refractivity contribution in [3.63, 3.8) is 0 Å². The average molecular weight is 282 g/mol. The zero-order chi connectivity index (χ0) is 14.6. The van der Waals surface area contributed by atoms with E-state index in [4.69, 9.17) is 5.73 Å². The summed E-state index contributed by atoms with van der Waals surface area (Å²) in [6, 6.07) is 0.519. The molecule has 2 rings (SSSR count). The molecule has 0 bridgehead atoms. The van der Waals surface area contributed by atoms with Gasteiger partial charge in [0.25, 0.3) is 0 Å². The van der Waals surface area contributed by atoms with Crippen LogP contribution in [0.1, 0.15) is 39.5 Å². The Morgan fingerprint density at radius 1 is 1.30 bits per heavy atom. The predicted octanol–water partition coefficient (Wildman–Crippen LogP) is 0.400. The van der Waals surface area contributed by atoms with Crippen molar-refractivity contribution in [2.75, 3.05) is 39.3 Å². The number of amides is 1. The van der Waals surface area contributed by atoms with E-state index < -0.39 is 5.54 Å². The first-order valence-corrected chi connectivity index (χ1v) is 8.12. The van der Waals surface area contributed by atoms with E-state index in [0.717, 1.165) is 52.0 Å². The molecular formula is C15H30N4O. The Hall–Kier alpha value is -0.650. The van der Waals surface area contributed by atoms with Gasteiger partial charge in [-0.05, 0) is 38.8 Å². The Balaban J connectivity index is 1.88. The number of nitrogens with zero attached hydrogens (tertiary/aromatic N) is 2. The van der Waals surface area contributed by atoms with Crippen molar-refractivity contribution in [1.29, 1.82) is 0 Å². The van der Waals surface area contributed by atoms with E-state index in [0.29, 0.717) is 6.04 Å². The van der Waals surface area contributed by atoms with E-state index in [-0.39, 0.29) is 5.91 Å². The summed E-state index contributed by atoms with van der Waals surface area (Å²) in [5.41, 5.74) is 5.19. The summed E-state index contributed by atoms with van der Waals surface area (Å²) < 4.78 is 0. The van der Waals surface area contributed by atoms with Gasteiger partial charge in [-0.15, -0.1) is 0 Å². The highest BCUT2D eigenvalue weighted by molar-refractivity contribution is 5.85. The largest absolute Gasteiger partial charge is 0.368 e. The molecule has 2 unspecified atom stereocenters. The number of piperazine rings is 1. The van der Waals surface area contributed by atoms with Crippen LogP contribution in [-0.2, 0) is 4.79 Å². The number of primary amides is 1. The highest BCUT2D eigenvalue weighted by atomic mass is 16.1. The molecule has 2 atom stereocenters. The van der Waals surface area contributed by atoms with E-state index in [1.165, 1.54) is 13.0 Å². The Kier molecular flexibility index (Phi) is 5.41. The number of nitrogens with one attached hydrogen (secondary N) is 1. The molecular weight excluding hydrogens is 252 g/mol. The van der Waals surface area contributed by atoms with Crippen molar-refractivity contribution in [1.82, 2.24) is 15.1 Å². The first-order valence-electron chi connectivity index (χ1n) is 8.12. The molecule has 1 saturated carbocycles. The topological polar surface area (TPSA) is 61.6 Å². The molecule has 0 radical (unpaired) electrons. The van der Waals surface area contributed by atoms with Gasteiger partial charge in [-0.25, -0.2) is 0 Å². The van der Waals surface area contributed by atoms with Gasteiger partial charge < -0.3 is 16.0 Å². The van der Waals surface area contributed by atoms with Crippen molar-refractivity contribution in [3.05, 3.63) is 0 Å². The highest BCUT2D eigenvalue weighted by Crippen LogP contribution is 2.33. The molecule has 20 heavy (non-hydrogen) atoms. The number of rotatable bonds is 6. The summed E-state index contributed by atoms with van der Waals surface area (Å²) in [7, 11) is 0. The molecule has 1 saturated heterocycles. The molecule has 2 aliphatic rings. The molecule has 1 aliphatic heterocycles. The fourth-order valence-electron chi connectivity index (χ4n) is 3.81. The lowest BCUT2D eigenvalue weighted by Gasteiger charge is -2.38. The smallest absolute Gasteiger partial charge is 0.237 e. The fourth-order valence-corrected chi connectivity index (χ4v) is 3.81. The second kappa shape index (κ2) is 6.87. The minimum absolute atomic E-state index is 0.175. The lowest BCUT2D eigenvalue weighted by Crippen LogP contribution is -2.55. The van der Waals surface area contributed by atoms with Crippen LogP contribution in [0.2, 0.25) is 0 Å². The SMILES string of the molecule is CCCN1CCN(C2CCC(NCC)(C(N)=O)C2)CC1. The lowest BCUT2D eigenvalue weighted by molar-refractivity contribution is -0.124. The highest BCUT2D eigenvalue weighted by Gasteiger charge is 2.45. The first kappa shape index (κ1) is 15.7. The minimum Gasteiger partial charge on any atom is -0.368 e. The third-order valence-electron chi connectivity index (χ3n) is 4.94. The third-order valence-corrected chi connectivity index (χ3v) is 4.94. The number of likely N-dealkylation sites (N-methyl/N-ethyl adjacent to an activating group) is 1. The molecule has 5 heteroatoms. The summed E-state index contributed by atoms with van der Waals surface area (Å²) >= 11 is 0. The van der Waals surface area contributed by atoms with Gasteiger partial charge in [0.1, 0.15) is 0 Å². The number of hydrogen-bond acceptors (Lipinski definition) is 4. The molecule has 0 aromatic rings. The quantitative estimate of drug-likeness (QED) is 0.740. The Bertz CT molecular complexity index is 328. The summed E-state index contributed by atoms with van der Waals surface area (Å²) in [4.78, 5) is 16.9. The van der Waals surface area contributed by atoms with Crippen LogP contribution in [0.25, 0.3) is 0 Å². The van der Waals surface area contributed by atoms with Crippen LogP contribution in [0.3, 0.4) is 0 Å². The van der Waals surface area contributed by atoms with Crippen molar-refractivity contribution in [2.24, 2.45) is 5.73 Å². The molecule has 116 valence electrons. The Morgan fingerprint density at radius 3 is 2.55 bits per heavy atom. The van der Waals surface area contributed by atoms with E-state index in [1.807, 2.05) is 6.92 Å². The van der Waals surface area contributed by atoms with E-state index >= 15 is 0 Å². The van der Waals surface area contributed by atoms with Crippen LogP contribution in [0.4, 0.5) is 0 Å². The molecule has 1 heterocycles. The molecule has 5 nitrogen and oxygen atoms in total. The second-order valence-electron chi connectivity index (χ2n) is 6.25. The maximum absolute atomic E-state index is 11.8. The maximum atomic E-state index is 11.8. The molecule has 0 spiro atoms. The summed E-state index contributed by atoms with van der Waals surface area (Å²) in [5.74, 6) is -0.175. The van der Waals surface area contributed by atoms with Crippen LogP contribution in [0.15, 0.2) is 0 Å². The molecule has 1 amide bonds. The van der Waals surface area contributed by atoms with Crippen molar-refractivity contribution < 1.29 is 4.79 Å². The number of hydrogen-bond donors (Lipinski definition) is 2. The monoisotopic (exact) mass is 282 g/mol. The zero-order valence-electron chi connectivity index (χ0n) is 13.0. The normalized spacial score (nSPS) is 32.6. The molecule has 1 aliphatic carbocycles. The van der Waals surface area contributed by atoms with Crippen LogP contribution < -0.4 is 11.1 Å². The zero-order valence-corrected chi connectivity index (χ0v) is 13.0. The summed E-state index contributed by atoms with van der Waals surface area (Å²) in [6.07, 6.45) is 4.08. The Morgan fingerprint density at radius 2 is 2.00 bits per heavy atom. The molecule has 0 aromatic heterocycles. The van der Waals surface area contributed by atoms with Gasteiger partial charge in [-0.2, -0.15) is 0 Å². The maximum Gasteiger partial charge on any atom is 0.237 e. The van der Waals surface area contributed by atoms with E-state index in [9.17, 15) is 4.79 Å². The van der Waals surface area contributed by atoms with Crippen LogP contribution >= 0.6 is 0 Å². The van der Waals surface area contributed by atoms with Crippen LogP contribution in [0, 0.1) is 0 Å². The summed E-state index contributed by atoms with van der Waals surface area (Å²) in [5, 5.41) is 3.34. The van der Waals surface area contributed by atoms with Gasteiger partial charge in [-0.1, -0.05) is 13.8 Å². The number of nitrogens with two attached hydrogens (primary N) is 1. The number of carbonyl (C=O) groups is 1. The van der Waals surface area contributed by atoms with Crippen LogP contribution in [-0.4, -0.2) is 66.6 Å². The van der Waals surface area contributed by atoms with E-state index in [1.54, 1.807) is 0 Å². The average Bonchev–Trinajstić information content (AvgIpc) is 2.86. The minimum atomic E-state index is -0.458. The van der Waals surface area contributed by atoms with Crippen LogP contribution in [0.5, 0.6) is 0 Å². The van der Waals surface area contributed by atoms with Gasteiger partial charge in [0, 0.05) is 32.2 Å². The molecule has 3 N–H and O–H groups in total. The van der Waals surface area contributed by atoms with Gasteiger partial charge in [0.2, 0.25) is 5.91 Å². The number of carbonyl (C=O) groups excluding carboxylic acids is 1. The third kappa shape index (κ3) is 3.32.